The molecule has 2 rings (SSSR count). The predicted octanol–water partition coefficient (Wildman–Crippen LogP) is 2.63. The van der Waals surface area contributed by atoms with E-state index in [1.807, 2.05) is 6.07 Å². The van der Waals surface area contributed by atoms with Gasteiger partial charge in [0.15, 0.2) is 0 Å². The molecule has 0 amide bonds. The fourth-order valence-electron chi connectivity index (χ4n) is 1.02. The summed E-state index contributed by atoms with van der Waals surface area (Å²) in [4.78, 5) is 8.04. The number of anilines is 1. The highest BCUT2D eigenvalue weighted by atomic mass is 14.7. The topological polar surface area (TPSA) is 51.8 Å². The molecule has 0 radical (unpaired) electrons. The number of nitrogen functional groups attached to an aromatic ring is 1. The first-order valence-electron chi connectivity index (χ1n) is 4.73. The monoisotopic (exact) mass is 189 g/mol. The van der Waals surface area contributed by atoms with Crippen molar-refractivity contribution in [2.45, 2.75) is 20.3 Å². The van der Waals surface area contributed by atoms with Crippen LogP contribution in [0.2, 0.25) is 0 Å². The largest absolute Gasteiger partial charge is 0.398 e. The average Bonchev–Trinajstić information content (AvgIpc) is 2.20. The Kier molecular flexibility index (Phi) is 3.85. The summed E-state index contributed by atoms with van der Waals surface area (Å²) in [6.45, 7) is 4.25. The van der Waals surface area contributed by atoms with E-state index in [2.05, 4.69) is 23.8 Å². The van der Waals surface area contributed by atoms with E-state index >= 15 is 0 Å². The molecule has 0 saturated heterocycles. The molecule has 0 spiro atoms. The summed E-state index contributed by atoms with van der Waals surface area (Å²) in [5.74, 6) is 0. The van der Waals surface area contributed by atoms with Gasteiger partial charge in [0, 0.05) is 23.5 Å². The van der Waals surface area contributed by atoms with Crippen LogP contribution in [0.5, 0.6) is 0 Å². The van der Waals surface area contributed by atoms with E-state index in [0.29, 0.717) is 0 Å². The van der Waals surface area contributed by atoms with Crippen LogP contribution in [0, 0.1) is 0 Å². The van der Waals surface area contributed by atoms with Crippen LogP contribution in [-0.4, -0.2) is 9.97 Å². The van der Waals surface area contributed by atoms with Crippen molar-refractivity contribution < 1.29 is 0 Å². The third kappa shape index (κ3) is 2.42. The van der Waals surface area contributed by atoms with Crippen LogP contribution in [0.1, 0.15) is 20.3 Å². The molecular formula is C11H15N3. The van der Waals surface area contributed by atoms with Crippen molar-refractivity contribution in [3.05, 3.63) is 30.7 Å². The van der Waals surface area contributed by atoms with Gasteiger partial charge in [-0.05, 0) is 12.1 Å². The molecular weight excluding hydrogens is 174 g/mol. The maximum Gasteiger partial charge on any atom is 0.0905 e. The van der Waals surface area contributed by atoms with Gasteiger partial charge in [-0.25, -0.2) is 0 Å². The van der Waals surface area contributed by atoms with Crippen LogP contribution >= 0.6 is 0 Å². The first-order chi connectivity index (χ1) is 6.79. The van der Waals surface area contributed by atoms with Crippen molar-refractivity contribution in [1.29, 1.82) is 0 Å². The minimum Gasteiger partial charge on any atom is -0.398 e. The fraction of sp³-hybridized carbons (Fsp3) is 0.273. The van der Waals surface area contributed by atoms with Gasteiger partial charge in [0.2, 0.25) is 0 Å². The van der Waals surface area contributed by atoms with Crippen LogP contribution in [0.15, 0.2) is 30.7 Å². The molecule has 0 bridgehead atoms. The lowest BCUT2D eigenvalue weighted by atomic mass is 10.2. The molecule has 0 aliphatic rings. The van der Waals surface area contributed by atoms with Crippen molar-refractivity contribution in [2.75, 3.05) is 5.73 Å². The maximum absolute atomic E-state index is 5.69. The summed E-state index contributed by atoms with van der Waals surface area (Å²) >= 11 is 0. The van der Waals surface area contributed by atoms with E-state index in [9.17, 15) is 0 Å². The Bertz CT molecular complexity index is 393. The number of pyridine rings is 2. The summed E-state index contributed by atoms with van der Waals surface area (Å²) in [5.41, 5.74) is 7.28. The Morgan fingerprint density at radius 1 is 1.21 bits per heavy atom. The molecule has 0 saturated carbocycles. The van der Waals surface area contributed by atoms with Crippen molar-refractivity contribution >= 4 is 16.6 Å². The first-order valence-corrected chi connectivity index (χ1v) is 4.73. The van der Waals surface area contributed by atoms with E-state index in [-0.39, 0.29) is 0 Å². The highest BCUT2D eigenvalue weighted by Crippen LogP contribution is 2.15. The van der Waals surface area contributed by atoms with Gasteiger partial charge >= 0.3 is 0 Å². The second-order valence-corrected chi connectivity index (χ2v) is 3.00. The average molecular weight is 189 g/mol. The standard InChI is InChI=1S/C8H7N3.C3H8/c9-7-2-4-11-8-5-10-3-1-6(7)8;1-3-2/h1-5H,(H2,9,11);3H2,1-2H3. The molecule has 2 aromatic heterocycles. The lowest BCUT2D eigenvalue weighted by Crippen LogP contribution is -1.88. The fourth-order valence-corrected chi connectivity index (χ4v) is 1.02. The SMILES string of the molecule is CCC.Nc1ccnc2cnccc12. The lowest BCUT2D eigenvalue weighted by molar-refractivity contribution is 1.09. The van der Waals surface area contributed by atoms with Gasteiger partial charge in [0.25, 0.3) is 0 Å². The molecule has 2 N–H and O–H groups in total. The lowest BCUT2D eigenvalue weighted by Gasteiger charge is -1.97. The number of hydrogen-bond donors (Lipinski definition) is 1. The predicted molar refractivity (Wildman–Crippen MR) is 59.9 cm³/mol. The Morgan fingerprint density at radius 2 is 1.93 bits per heavy atom. The number of nitrogens with two attached hydrogens (primary N) is 1. The zero-order valence-electron chi connectivity index (χ0n) is 8.57. The molecule has 2 aromatic rings. The molecule has 2 heterocycles. The Morgan fingerprint density at radius 3 is 2.57 bits per heavy atom. The summed E-state index contributed by atoms with van der Waals surface area (Å²) < 4.78 is 0. The summed E-state index contributed by atoms with van der Waals surface area (Å²) in [6, 6.07) is 3.64. The highest BCUT2D eigenvalue weighted by molar-refractivity contribution is 5.88. The first kappa shape index (κ1) is 10.4. The van der Waals surface area contributed by atoms with Gasteiger partial charge in [-0.3, -0.25) is 9.97 Å². The molecule has 0 fully saturated rings. The van der Waals surface area contributed by atoms with E-state index in [1.54, 1.807) is 24.7 Å². The van der Waals surface area contributed by atoms with Crippen molar-refractivity contribution in [2.24, 2.45) is 0 Å². The summed E-state index contributed by atoms with van der Waals surface area (Å²) in [7, 11) is 0. The molecule has 0 unspecified atom stereocenters. The molecule has 0 aliphatic heterocycles. The minimum atomic E-state index is 0.748. The second kappa shape index (κ2) is 5.17. The molecule has 0 aromatic carbocycles. The second-order valence-electron chi connectivity index (χ2n) is 3.00. The third-order valence-electron chi connectivity index (χ3n) is 1.58. The van der Waals surface area contributed by atoms with Crippen molar-refractivity contribution in [3.8, 4) is 0 Å². The van der Waals surface area contributed by atoms with Gasteiger partial charge in [-0.2, -0.15) is 0 Å². The molecule has 3 heteroatoms. The van der Waals surface area contributed by atoms with E-state index in [4.69, 9.17) is 5.73 Å². The third-order valence-corrected chi connectivity index (χ3v) is 1.58. The van der Waals surface area contributed by atoms with Crippen LogP contribution in [-0.2, 0) is 0 Å². The van der Waals surface area contributed by atoms with Gasteiger partial charge in [-0.1, -0.05) is 20.3 Å². The normalized spacial score (nSPS) is 9.29. The van der Waals surface area contributed by atoms with Gasteiger partial charge in [0.05, 0.1) is 11.7 Å². The molecule has 0 atom stereocenters. The molecule has 3 nitrogen and oxygen atoms in total. The number of fused-ring (bicyclic) bond motifs is 1. The van der Waals surface area contributed by atoms with E-state index in [1.165, 1.54) is 6.42 Å². The number of hydrogen-bond acceptors (Lipinski definition) is 3. The van der Waals surface area contributed by atoms with Crippen molar-refractivity contribution in [3.63, 3.8) is 0 Å². The Balaban J connectivity index is 0.000000293. The van der Waals surface area contributed by atoms with Crippen LogP contribution in [0.3, 0.4) is 0 Å². The van der Waals surface area contributed by atoms with Gasteiger partial charge in [-0.15, -0.1) is 0 Å². The molecule has 14 heavy (non-hydrogen) atoms. The zero-order valence-corrected chi connectivity index (χ0v) is 8.57. The van der Waals surface area contributed by atoms with Crippen LogP contribution in [0.4, 0.5) is 5.69 Å². The molecule has 74 valence electrons. The van der Waals surface area contributed by atoms with Crippen molar-refractivity contribution in [1.82, 2.24) is 9.97 Å². The maximum atomic E-state index is 5.69. The smallest absolute Gasteiger partial charge is 0.0905 e. The van der Waals surface area contributed by atoms with Gasteiger partial charge in [0.1, 0.15) is 0 Å². The zero-order chi connectivity index (χ0) is 10.4. The summed E-state index contributed by atoms with van der Waals surface area (Å²) in [5, 5.41) is 0.961. The number of nitrogens with zero attached hydrogens (tertiary/aromatic N) is 2. The Hall–Kier alpha value is -1.64. The van der Waals surface area contributed by atoms with E-state index in [0.717, 1.165) is 16.6 Å². The quantitative estimate of drug-likeness (QED) is 0.693. The number of rotatable bonds is 0. The minimum absolute atomic E-state index is 0.748. The summed E-state index contributed by atoms with van der Waals surface area (Å²) in [6.07, 6.45) is 6.34. The highest BCUT2D eigenvalue weighted by Gasteiger charge is 1.94. The van der Waals surface area contributed by atoms with Gasteiger partial charge < -0.3 is 5.73 Å². The van der Waals surface area contributed by atoms with E-state index < -0.39 is 0 Å². The van der Waals surface area contributed by atoms with Crippen LogP contribution in [0.25, 0.3) is 10.9 Å². The number of aromatic nitrogens is 2. The van der Waals surface area contributed by atoms with Crippen LogP contribution < -0.4 is 5.73 Å². The Labute approximate surface area is 84.0 Å². The molecule has 0 aliphatic carbocycles.